The van der Waals surface area contributed by atoms with Crippen molar-refractivity contribution in [2.45, 2.75) is 76.4 Å². The van der Waals surface area contributed by atoms with E-state index in [0.29, 0.717) is 18.1 Å². The summed E-state index contributed by atoms with van der Waals surface area (Å²) in [5.74, 6) is 1.21. The Labute approximate surface area is 131 Å². The number of aryl methyl sites for hydroxylation is 1. The lowest BCUT2D eigenvalue weighted by Gasteiger charge is -2.36. The van der Waals surface area contributed by atoms with Crippen LogP contribution >= 0.6 is 0 Å². The monoisotopic (exact) mass is 307 g/mol. The van der Waals surface area contributed by atoms with Gasteiger partial charge in [0.25, 0.3) is 0 Å². The van der Waals surface area contributed by atoms with Crippen LogP contribution in [0.5, 0.6) is 0 Å². The highest BCUT2D eigenvalue weighted by atomic mass is 16.5. The Morgan fingerprint density at radius 3 is 2.73 bits per heavy atom. The van der Waals surface area contributed by atoms with Gasteiger partial charge in [-0.25, -0.2) is 0 Å². The number of hydrogen-bond acceptors (Lipinski definition) is 5. The largest absolute Gasteiger partial charge is 0.378 e. The molecule has 1 N–H and O–H groups in total. The van der Waals surface area contributed by atoms with Crippen molar-refractivity contribution in [2.75, 3.05) is 6.61 Å². The molecule has 1 saturated carbocycles. The zero-order valence-corrected chi connectivity index (χ0v) is 13.3. The van der Waals surface area contributed by atoms with Crippen molar-refractivity contribution >= 4 is 5.91 Å². The average molecular weight is 307 g/mol. The molecular formula is C16H25N3O3. The van der Waals surface area contributed by atoms with E-state index >= 15 is 0 Å². The Kier molecular flexibility index (Phi) is 4.76. The maximum absolute atomic E-state index is 12.5. The lowest BCUT2D eigenvalue weighted by molar-refractivity contribution is -0.127. The number of hydrogen-bond donors (Lipinski definition) is 1. The zero-order valence-electron chi connectivity index (χ0n) is 13.3. The summed E-state index contributed by atoms with van der Waals surface area (Å²) in [5.41, 5.74) is -0.457. The van der Waals surface area contributed by atoms with E-state index in [1.54, 1.807) is 6.92 Å². The van der Waals surface area contributed by atoms with Gasteiger partial charge >= 0.3 is 0 Å². The topological polar surface area (TPSA) is 77.2 Å². The summed E-state index contributed by atoms with van der Waals surface area (Å²) in [6, 6.07) is 0. The van der Waals surface area contributed by atoms with Crippen molar-refractivity contribution in [3.63, 3.8) is 0 Å². The standard InChI is InChI=1S/C16H25N3O3/c1-12-17-15(19-22-12)16(8-4-2-5-9-16)18-14(20)11-13-7-3-6-10-21-13/h13H,2-11H2,1H3,(H,18,20). The van der Waals surface area contributed by atoms with Crippen LogP contribution in [0.2, 0.25) is 0 Å². The van der Waals surface area contributed by atoms with E-state index in [0.717, 1.165) is 51.6 Å². The minimum Gasteiger partial charge on any atom is -0.378 e. The van der Waals surface area contributed by atoms with Crippen molar-refractivity contribution < 1.29 is 14.1 Å². The molecule has 1 aliphatic carbocycles. The fourth-order valence-corrected chi connectivity index (χ4v) is 3.55. The van der Waals surface area contributed by atoms with E-state index in [1.807, 2.05) is 0 Å². The molecule has 1 aromatic heterocycles. The molecule has 1 aliphatic heterocycles. The van der Waals surface area contributed by atoms with Gasteiger partial charge in [-0.05, 0) is 32.1 Å². The molecular weight excluding hydrogens is 282 g/mol. The summed E-state index contributed by atoms with van der Waals surface area (Å²) >= 11 is 0. The molecule has 2 aliphatic rings. The average Bonchev–Trinajstić information content (AvgIpc) is 2.96. The lowest BCUT2D eigenvalue weighted by atomic mass is 9.80. The lowest BCUT2D eigenvalue weighted by Crippen LogP contribution is -2.49. The van der Waals surface area contributed by atoms with Crippen molar-refractivity contribution in [1.82, 2.24) is 15.5 Å². The van der Waals surface area contributed by atoms with Gasteiger partial charge < -0.3 is 14.6 Å². The van der Waals surface area contributed by atoms with Crippen LogP contribution < -0.4 is 5.32 Å². The molecule has 0 bridgehead atoms. The SMILES string of the molecule is Cc1nc(C2(NC(=O)CC3CCCCO3)CCCCC2)no1. The Bertz CT molecular complexity index is 502. The second kappa shape index (κ2) is 6.77. The highest BCUT2D eigenvalue weighted by Gasteiger charge is 2.39. The number of ether oxygens (including phenoxy) is 1. The normalized spacial score (nSPS) is 24.9. The Balaban J connectivity index is 1.68. The molecule has 1 unspecified atom stereocenters. The van der Waals surface area contributed by atoms with Crippen molar-refractivity contribution in [2.24, 2.45) is 0 Å². The first-order valence-corrected chi connectivity index (χ1v) is 8.41. The number of amides is 1. The fraction of sp³-hybridized carbons (Fsp3) is 0.812. The molecule has 1 aromatic rings. The van der Waals surface area contributed by atoms with Crippen LogP contribution in [0, 0.1) is 6.92 Å². The van der Waals surface area contributed by atoms with Gasteiger partial charge in [0, 0.05) is 13.5 Å². The maximum atomic E-state index is 12.5. The summed E-state index contributed by atoms with van der Waals surface area (Å²) < 4.78 is 10.8. The first-order chi connectivity index (χ1) is 10.7. The van der Waals surface area contributed by atoms with Crippen molar-refractivity contribution in [3.8, 4) is 0 Å². The molecule has 1 atom stereocenters. The van der Waals surface area contributed by atoms with E-state index in [9.17, 15) is 4.79 Å². The maximum Gasteiger partial charge on any atom is 0.223 e. The van der Waals surface area contributed by atoms with E-state index in [1.165, 1.54) is 6.42 Å². The summed E-state index contributed by atoms with van der Waals surface area (Å²) in [6.45, 7) is 2.55. The van der Waals surface area contributed by atoms with Crippen LogP contribution in [0.4, 0.5) is 0 Å². The third kappa shape index (κ3) is 3.48. The number of carbonyl (C=O) groups is 1. The van der Waals surface area contributed by atoms with Crippen LogP contribution in [0.1, 0.15) is 69.5 Å². The molecule has 0 aromatic carbocycles. The van der Waals surface area contributed by atoms with E-state index < -0.39 is 5.54 Å². The molecule has 22 heavy (non-hydrogen) atoms. The first-order valence-electron chi connectivity index (χ1n) is 8.41. The second-order valence-corrected chi connectivity index (χ2v) is 6.52. The number of aromatic nitrogens is 2. The smallest absolute Gasteiger partial charge is 0.223 e. The Hall–Kier alpha value is -1.43. The Morgan fingerprint density at radius 2 is 2.09 bits per heavy atom. The van der Waals surface area contributed by atoms with Gasteiger partial charge in [-0.1, -0.05) is 24.4 Å². The van der Waals surface area contributed by atoms with Gasteiger partial charge in [0.15, 0.2) is 5.82 Å². The van der Waals surface area contributed by atoms with Gasteiger partial charge in [0.1, 0.15) is 5.54 Å². The highest BCUT2D eigenvalue weighted by Crippen LogP contribution is 2.35. The molecule has 6 heteroatoms. The first kappa shape index (κ1) is 15.5. The predicted molar refractivity (Wildman–Crippen MR) is 80.1 cm³/mol. The number of carbonyl (C=O) groups excluding carboxylic acids is 1. The van der Waals surface area contributed by atoms with Crippen LogP contribution in [0.15, 0.2) is 4.52 Å². The summed E-state index contributed by atoms with van der Waals surface area (Å²) in [7, 11) is 0. The molecule has 1 saturated heterocycles. The van der Waals surface area contributed by atoms with E-state index in [4.69, 9.17) is 9.26 Å². The molecule has 0 spiro atoms. The zero-order chi connectivity index (χ0) is 15.4. The summed E-state index contributed by atoms with van der Waals surface area (Å²) in [4.78, 5) is 16.9. The van der Waals surface area contributed by atoms with Crippen LogP contribution in [-0.4, -0.2) is 28.8 Å². The molecule has 1 amide bonds. The number of nitrogens with zero attached hydrogens (tertiary/aromatic N) is 2. The molecule has 2 fully saturated rings. The van der Waals surface area contributed by atoms with Gasteiger partial charge in [-0.2, -0.15) is 4.98 Å². The van der Waals surface area contributed by atoms with Crippen molar-refractivity contribution in [3.05, 3.63) is 11.7 Å². The van der Waals surface area contributed by atoms with Crippen LogP contribution in [-0.2, 0) is 15.1 Å². The van der Waals surface area contributed by atoms with E-state index in [2.05, 4.69) is 15.5 Å². The number of rotatable bonds is 4. The van der Waals surface area contributed by atoms with E-state index in [-0.39, 0.29) is 12.0 Å². The highest BCUT2D eigenvalue weighted by molar-refractivity contribution is 5.77. The van der Waals surface area contributed by atoms with Gasteiger partial charge in [0.05, 0.1) is 12.5 Å². The second-order valence-electron chi connectivity index (χ2n) is 6.52. The molecule has 3 rings (SSSR count). The quantitative estimate of drug-likeness (QED) is 0.925. The fourth-order valence-electron chi connectivity index (χ4n) is 3.55. The van der Waals surface area contributed by atoms with Crippen molar-refractivity contribution in [1.29, 1.82) is 0 Å². The van der Waals surface area contributed by atoms with Gasteiger partial charge in [-0.15, -0.1) is 0 Å². The number of nitrogens with one attached hydrogen (secondary N) is 1. The van der Waals surface area contributed by atoms with Gasteiger partial charge in [0.2, 0.25) is 11.8 Å². The summed E-state index contributed by atoms with van der Waals surface area (Å²) in [6.07, 6.45) is 8.81. The molecule has 0 radical (unpaired) electrons. The minimum atomic E-state index is -0.457. The molecule has 6 nitrogen and oxygen atoms in total. The Morgan fingerprint density at radius 1 is 1.27 bits per heavy atom. The van der Waals surface area contributed by atoms with Crippen LogP contribution in [0.3, 0.4) is 0 Å². The third-order valence-corrected chi connectivity index (χ3v) is 4.73. The van der Waals surface area contributed by atoms with Crippen LogP contribution in [0.25, 0.3) is 0 Å². The third-order valence-electron chi connectivity index (χ3n) is 4.73. The van der Waals surface area contributed by atoms with Gasteiger partial charge in [-0.3, -0.25) is 4.79 Å². The molecule has 2 heterocycles. The minimum absolute atomic E-state index is 0.0382. The predicted octanol–water partition coefficient (Wildman–Crippen LogP) is 2.61. The summed E-state index contributed by atoms with van der Waals surface area (Å²) in [5, 5.41) is 7.28. The molecule has 122 valence electrons.